The molecule has 2 aromatic carbocycles. The molecule has 0 saturated carbocycles. The molecule has 214 valence electrons. The molecule has 0 spiro atoms. The number of hydrogen-bond acceptors (Lipinski definition) is 4. The van der Waals surface area contributed by atoms with Crippen molar-refractivity contribution in [3.63, 3.8) is 0 Å². The van der Waals surface area contributed by atoms with E-state index in [-0.39, 0.29) is 11.9 Å². The molecular weight excluding hydrogens is 482 g/mol. The largest absolute Gasteiger partial charge is 0.489 e. The third-order valence-electron chi connectivity index (χ3n) is 7.45. The van der Waals surface area contributed by atoms with Gasteiger partial charge in [0.25, 0.3) is 0 Å². The monoisotopic (exact) mass is 533 g/mol. The van der Waals surface area contributed by atoms with E-state index in [1.54, 1.807) is 0 Å². The minimum Gasteiger partial charge on any atom is -0.489 e. The summed E-state index contributed by atoms with van der Waals surface area (Å²) in [5.41, 5.74) is 3.69. The van der Waals surface area contributed by atoms with Crippen LogP contribution in [0.2, 0.25) is 0 Å². The Bertz CT molecular complexity index is 1000. The smallest absolute Gasteiger partial charge is 0.239 e. The summed E-state index contributed by atoms with van der Waals surface area (Å²) in [6, 6.07) is 19.1. The van der Waals surface area contributed by atoms with Crippen LogP contribution in [0.15, 0.2) is 66.2 Å². The first-order chi connectivity index (χ1) is 18.7. The Morgan fingerprint density at radius 2 is 1.67 bits per heavy atom. The molecule has 1 fully saturated rings. The van der Waals surface area contributed by atoms with Gasteiger partial charge in [0, 0.05) is 31.4 Å². The zero-order valence-electron chi connectivity index (χ0n) is 25.2. The summed E-state index contributed by atoms with van der Waals surface area (Å²) >= 11 is 0. The van der Waals surface area contributed by atoms with Crippen molar-refractivity contribution in [3.05, 3.63) is 71.8 Å². The fourth-order valence-electron chi connectivity index (χ4n) is 5.13. The highest BCUT2D eigenvalue weighted by Gasteiger charge is 2.30. The molecule has 1 aliphatic rings. The molecule has 1 atom stereocenters. The van der Waals surface area contributed by atoms with Crippen molar-refractivity contribution in [1.29, 1.82) is 0 Å². The van der Waals surface area contributed by atoms with Crippen molar-refractivity contribution < 1.29 is 9.53 Å². The molecule has 1 N–H and O–H groups in total. The number of benzene rings is 2. The molecule has 1 heterocycles. The van der Waals surface area contributed by atoms with E-state index >= 15 is 0 Å². The first kappa shape index (κ1) is 30.7. The van der Waals surface area contributed by atoms with Crippen molar-refractivity contribution in [3.8, 4) is 5.75 Å². The van der Waals surface area contributed by atoms with Crippen molar-refractivity contribution >= 4 is 11.6 Å². The molecule has 0 aliphatic carbocycles. The SMILES string of the molecule is CC(C)=CCN(c1ccc(OCc2ccccc2)cc1)C1CCN(C(=O)C(CC(C)C)NCCC(C)C)CC1. The quantitative estimate of drug-likeness (QED) is 0.264. The van der Waals surface area contributed by atoms with Gasteiger partial charge in [-0.1, -0.05) is 69.7 Å². The maximum absolute atomic E-state index is 13.5. The molecule has 1 saturated heterocycles. The van der Waals surface area contributed by atoms with Crippen LogP contribution in [0.25, 0.3) is 0 Å². The van der Waals surface area contributed by atoms with E-state index in [9.17, 15) is 4.79 Å². The van der Waals surface area contributed by atoms with Crippen molar-refractivity contribution in [2.75, 3.05) is 31.1 Å². The molecular formula is C34H51N3O2. The first-order valence-electron chi connectivity index (χ1n) is 14.9. The van der Waals surface area contributed by atoms with Gasteiger partial charge >= 0.3 is 0 Å². The molecule has 2 aromatic rings. The highest BCUT2D eigenvalue weighted by atomic mass is 16.5. The first-order valence-corrected chi connectivity index (χ1v) is 14.9. The number of likely N-dealkylation sites (tertiary alicyclic amines) is 1. The van der Waals surface area contributed by atoms with Crippen molar-refractivity contribution in [2.45, 2.75) is 85.9 Å². The second-order valence-corrected chi connectivity index (χ2v) is 12.1. The van der Waals surface area contributed by atoms with Crippen molar-refractivity contribution in [2.24, 2.45) is 11.8 Å². The number of amides is 1. The summed E-state index contributed by atoms with van der Waals surface area (Å²) in [6.45, 7) is 17.2. The van der Waals surface area contributed by atoms with Gasteiger partial charge in [0.2, 0.25) is 5.91 Å². The van der Waals surface area contributed by atoms with Crippen LogP contribution in [0.5, 0.6) is 5.75 Å². The Balaban J connectivity index is 1.62. The lowest BCUT2D eigenvalue weighted by Crippen LogP contribution is -2.52. The van der Waals surface area contributed by atoms with Crippen LogP contribution in [-0.2, 0) is 11.4 Å². The van der Waals surface area contributed by atoms with E-state index in [1.807, 2.05) is 18.2 Å². The van der Waals surface area contributed by atoms with Crippen LogP contribution in [0, 0.1) is 11.8 Å². The number of rotatable bonds is 14. The minimum absolute atomic E-state index is 0.0782. The normalized spacial score (nSPS) is 14.9. The van der Waals surface area contributed by atoms with Crippen LogP contribution in [0.1, 0.15) is 72.8 Å². The van der Waals surface area contributed by atoms with Gasteiger partial charge in [-0.3, -0.25) is 4.79 Å². The summed E-state index contributed by atoms with van der Waals surface area (Å²) in [5.74, 6) is 2.29. The van der Waals surface area contributed by atoms with Crippen LogP contribution in [-0.4, -0.2) is 49.1 Å². The highest BCUT2D eigenvalue weighted by Crippen LogP contribution is 2.27. The average molecular weight is 534 g/mol. The van der Waals surface area contributed by atoms with Crippen LogP contribution >= 0.6 is 0 Å². The van der Waals surface area contributed by atoms with E-state index in [4.69, 9.17) is 4.74 Å². The van der Waals surface area contributed by atoms with E-state index < -0.39 is 0 Å². The standard InChI is InChI=1S/C34H51N3O2/c1-26(2)16-20-35-33(24-28(5)6)34(38)36-21-18-31(19-22-36)37(23-17-27(3)4)30-12-14-32(15-13-30)39-25-29-10-8-7-9-11-29/h7-15,17,26,28,31,33,35H,16,18-25H2,1-6H3. The summed E-state index contributed by atoms with van der Waals surface area (Å²) in [6.07, 6.45) is 6.25. The Morgan fingerprint density at radius 1 is 1.00 bits per heavy atom. The number of carbonyl (C=O) groups is 1. The average Bonchev–Trinajstić information content (AvgIpc) is 2.92. The lowest BCUT2D eigenvalue weighted by atomic mass is 9.98. The summed E-state index contributed by atoms with van der Waals surface area (Å²) in [7, 11) is 0. The predicted octanol–water partition coefficient (Wildman–Crippen LogP) is 7.08. The number of nitrogens with one attached hydrogen (secondary N) is 1. The molecule has 1 aliphatic heterocycles. The number of carbonyl (C=O) groups excluding carboxylic acids is 1. The second-order valence-electron chi connectivity index (χ2n) is 12.1. The summed E-state index contributed by atoms with van der Waals surface area (Å²) in [5, 5.41) is 3.58. The van der Waals surface area contributed by atoms with Gasteiger partial charge in [-0.25, -0.2) is 0 Å². The Kier molecular flexibility index (Phi) is 12.4. The molecule has 5 nitrogen and oxygen atoms in total. The summed E-state index contributed by atoms with van der Waals surface area (Å²) < 4.78 is 6.02. The van der Waals surface area contributed by atoms with Crippen LogP contribution in [0.4, 0.5) is 5.69 Å². The minimum atomic E-state index is -0.0782. The van der Waals surface area contributed by atoms with Gasteiger partial charge in [-0.05, 0) is 87.7 Å². The Morgan fingerprint density at radius 3 is 2.26 bits per heavy atom. The molecule has 39 heavy (non-hydrogen) atoms. The number of hydrogen-bond donors (Lipinski definition) is 1. The van der Waals surface area contributed by atoms with Gasteiger partial charge in [0.15, 0.2) is 0 Å². The van der Waals surface area contributed by atoms with E-state index in [1.165, 1.54) is 16.8 Å². The molecule has 0 bridgehead atoms. The second kappa shape index (κ2) is 15.7. The molecule has 1 unspecified atom stereocenters. The number of piperidine rings is 1. The zero-order valence-corrected chi connectivity index (χ0v) is 25.2. The third-order valence-corrected chi connectivity index (χ3v) is 7.45. The Hall–Kier alpha value is -2.79. The van der Waals surface area contributed by atoms with Gasteiger partial charge in [0.05, 0.1) is 6.04 Å². The van der Waals surface area contributed by atoms with E-state index in [0.717, 1.165) is 57.6 Å². The van der Waals surface area contributed by atoms with Crippen LogP contribution in [0.3, 0.4) is 0 Å². The fourth-order valence-corrected chi connectivity index (χ4v) is 5.13. The van der Waals surface area contributed by atoms with Gasteiger partial charge in [-0.15, -0.1) is 0 Å². The zero-order chi connectivity index (χ0) is 28.2. The third kappa shape index (κ3) is 10.4. The van der Waals surface area contributed by atoms with Gasteiger partial charge < -0.3 is 19.9 Å². The number of ether oxygens (including phenoxy) is 1. The van der Waals surface area contributed by atoms with Crippen molar-refractivity contribution in [1.82, 2.24) is 10.2 Å². The number of allylic oxidation sites excluding steroid dienone is 1. The number of nitrogens with zero attached hydrogens (tertiary/aromatic N) is 2. The van der Waals surface area contributed by atoms with E-state index in [0.29, 0.717) is 24.5 Å². The molecule has 0 radical (unpaired) electrons. The molecule has 0 aromatic heterocycles. The highest BCUT2D eigenvalue weighted by molar-refractivity contribution is 5.82. The van der Waals surface area contributed by atoms with Crippen LogP contribution < -0.4 is 15.0 Å². The van der Waals surface area contributed by atoms with Gasteiger partial charge in [-0.2, -0.15) is 0 Å². The molecule has 3 rings (SSSR count). The number of anilines is 1. The van der Waals surface area contributed by atoms with E-state index in [2.05, 4.69) is 99.1 Å². The predicted molar refractivity (Wildman–Crippen MR) is 164 cm³/mol. The molecule has 1 amide bonds. The fraction of sp³-hybridized carbons (Fsp3) is 0.559. The maximum Gasteiger partial charge on any atom is 0.239 e. The maximum atomic E-state index is 13.5. The lowest BCUT2D eigenvalue weighted by molar-refractivity contribution is -0.135. The topological polar surface area (TPSA) is 44.8 Å². The molecule has 5 heteroatoms. The van der Waals surface area contributed by atoms with Gasteiger partial charge in [0.1, 0.15) is 12.4 Å². The summed E-state index contributed by atoms with van der Waals surface area (Å²) in [4.78, 5) is 18.1. The Labute approximate surface area is 237 Å². The lowest BCUT2D eigenvalue weighted by Gasteiger charge is -2.40.